The highest BCUT2D eigenvalue weighted by Crippen LogP contribution is 2.45. The number of piperazine rings is 1. The number of carbonyl (C=O) groups is 1. The van der Waals surface area contributed by atoms with Gasteiger partial charge < -0.3 is 29.1 Å². The number of ether oxygens (including phenoxy) is 3. The number of halogens is 2. The van der Waals surface area contributed by atoms with E-state index in [1.807, 2.05) is 39.8 Å². The van der Waals surface area contributed by atoms with Crippen LogP contribution >= 0.6 is 11.6 Å². The number of likely N-dealkylation sites (N-methyl/N-ethyl adjacent to an activating group) is 1. The van der Waals surface area contributed by atoms with E-state index in [1.54, 1.807) is 23.1 Å². The lowest BCUT2D eigenvalue weighted by Gasteiger charge is -2.40. The van der Waals surface area contributed by atoms with E-state index >= 15 is 4.39 Å². The van der Waals surface area contributed by atoms with Crippen molar-refractivity contribution in [2.24, 2.45) is 0 Å². The third-order valence-corrected chi connectivity index (χ3v) is 6.69. The summed E-state index contributed by atoms with van der Waals surface area (Å²) in [5.41, 5.74) is 0.299. The molecule has 1 saturated heterocycles. The van der Waals surface area contributed by atoms with Crippen LogP contribution < -0.4 is 9.47 Å². The molecule has 37 heavy (non-hydrogen) atoms. The van der Waals surface area contributed by atoms with Crippen molar-refractivity contribution >= 4 is 17.7 Å². The number of phenols is 1. The van der Waals surface area contributed by atoms with E-state index < -0.39 is 11.4 Å². The highest BCUT2D eigenvalue weighted by atomic mass is 35.5. The van der Waals surface area contributed by atoms with Gasteiger partial charge in [0.2, 0.25) is 0 Å². The van der Waals surface area contributed by atoms with Gasteiger partial charge in [0.15, 0.2) is 11.6 Å². The molecule has 2 aliphatic rings. The van der Waals surface area contributed by atoms with E-state index in [-0.39, 0.29) is 46.4 Å². The van der Waals surface area contributed by atoms with Crippen LogP contribution in [-0.2, 0) is 11.3 Å². The van der Waals surface area contributed by atoms with Gasteiger partial charge in [0.1, 0.15) is 30.3 Å². The zero-order chi connectivity index (χ0) is 26.9. The second kappa shape index (κ2) is 10.9. The van der Waals surface area contributed by atoms with E-state index in [2.05, 4.69) is 4.90 Å². The third kappa shape index (κ3) is 6.22. The Hall–Kier alpha value is -2.75. The Kier molecular flexibility index (Phi) is 8.06. The van der Waals surface area contributed by atoms with Crippen molar-refractivity contribution in [1.29, 1.82) is 0 Å². The van der Waals surface area contributed by atoms with Gasteiger partial charge in [0.05, 0.1) is 16.6 Å². The first-order valence-electron chi connectivity index (χ1n) is 12.4. The van der Waals surface area contributed by atoms with Gasteiger partial charge in [0.25, 0.3) is 0 Å². The number of rotatable bonds is 5. The number of benzene rings is 2. The van der Waals surface area contributed by atoms with E-state index in [0.717, 1.165) is 0 Å². The van der Waals surface area contributed by atoms with Gasteiger partial charge in [0, 0.05) is 43.9 Å². The molecule has 1 atom stereocenters. The van der Waals surface area contributed by atoms with E-state index in [1.165, 1.54) is 6.07 Å². The molecule has 1 fully saturated rings. The van der Waals surface area contributed by atoms with Crippen LogP contribution in [0.5, 0.6) is 17.2 Å². The fraction of sp³-hybridized carbons (Fsp3) is 0.519. The molecule has 1 amide bonds. The van der Waals surface area contributed by atoms with Gasteiger partial charge in [-0.25, -0.2) is 9.18 Å². The quantitative estimate of drug-likeness (QED) is 0.599. The lowest BCUT2D eigenvalue weighted by Crippen LogP contribution is -2.56. The Morgan fingerprint density at radius 2 is 2.05 bits per heavy atom. The van der Waals surface area contributed by atoms with Crippen LogP contribution in [-0.4, -0.2) is 91.0 Å². The third-order valence-electron chi connectivity index (χ3n) is 6.38. The Bertz CT molecular complexity index is 1130. The summed E-state index contributed by atoms with van der Waals surface area (Å²) in [6.45, 7) is 8.60. The monoisotopic (exact) mass is 535 g/mol. The summed E-state index contributed by atoms with van der Waals surface area (Å²) in [6.07, 6.45) is -0.371. The lowest BCUT2D eigenvalue weighted by molar-refractivity contribution is -0.00172. The molecule has 0 bridgehead atoms. The molecule has 0 saturated carbocycles. The standard InChI is InChI=1S/C27H35ClFN3O5/c1-27(2,3)37-26(34)32-10-9-31-15-19-22(35-12-11-30(4)5)13-18(23-20(28)7-6-8-21(23)33)24(29)25(19)36-16-17(31)14-32/h6-8,13,17,33H,9-12,14-16H2,1-5H3/t17-/m1/s1. The van der Waals surface area contributed by atoms with Gasteiger partial charge in [-0.3, -0.25) is 4.90 Å². The summed E-state index contributed by atoms with van der Waals surface area (Å²) in [4.78, 5) is 18.5. The molecular weight excluding hydrogens is 501 g/mol. The average Bonchev–Trinajstić information content (AvgIpc) is 2.99. The predicted molar refractivity (Wildman–Crippen MR) is 140 cm³/mol. The topological polar surface area (TPSA) is 74.7 Å². The number of hydrogen-bond acceptors (Lipinski definition) is 7. The number of fused-ring (bicyclic) bond motifs is 2. The summed E-state index contributed by atoms with van der Waals surface area (Å²) >= 11 is 6.37. The Morgan fingerprint density at radius 1 is 1.30 bits per heavy atom. The van der Waals surface area contributed by atoms with Gasteiger partial charge in [-0.1, -0.05) is 17.7 Å². The van der Waals surface area contributed by atoms with Gasteiger partial charge in [-0.2, -0.15) is 0 Å². The largest absolute Gasteiger partial charge is 0.507 e. The first kappa shape index (κ1) is 27.3. The first-order chi connectivity index (χ1) is 17.4. The minimum absolute atomic E-state index is 0.0786. The molecule has 2 aliphatic heterocycles. The molecule has 0 aromatic heterocycles. The maximum absolute atomic E-state index is 16.0. The molecule has 0 unspecified atom stereocenters. The Balaban J connectivity index is 1.67. The summed E-state index contributed by atoms with van der Waals surface area (Å²) in [5.74, 6) is -0.190. The van der Waals surface area contributed by atoms with Crippen LogP contribution in [0.3, 0.4) is 0 Å². The fourth-order valence-electron chi connectivity index (χ4n) is 4.51. The van der Waals surface area contributed by atoms with Crippen molar-refractivity contribution < 1.29 is 28.5 Å². The summed E-state index contributed by atoms with van der Waals surface area (Å²) < 4.78 is 33.8. The van der Waals surface area contributed by atoms with Crippen LogP contribution in [0.4, 0.5) is 9.18 Å². The normalized spacial score (nSPS) is 18.1. The van der Waals surface area contributed by atoms with Crippen LogP contribution in [0, 0.1) is 5.82 Å². The van der Waals surface area contributed by atoms with Crippen molar-refractivity contribution in [1.82, 2.24) is 14.7 Å². The predicted octanol–water partition coefficient (Wildman–Crippen LogP) is 4.61. The van der Waals surface area contributed by atoms with Gasteiger partial charge in [-0.05, 0) is 53.1 Å². The zero-order valence-electron chi connectivity index (χ0n) is 22.0. The molecule has 2 heterocycles. The highest BCUT2D eigenvalue weighted by molar-refractivity contribution is 6.33. The second-order valence-electron chi connectivity index (χ2n) is 10.7. The Morgan fingerprint density at radius 3 is 2.73 bits per heavy atom. The minimum Gasteiger partial charge on any atom is -0.507 e. The molecule has 2 aromatic carbocycles. The van der Waals surface area contributed by atoms with Crippen LogP contribution in [0.2, 0.25) is 5.02 Å². The van der Waals surface area contributed by atoms with Crippen LogP contribution in [0.15, 0.2) is 24.3 Å². The number of aromatic hydroxyl groups is 1. The molecule has 10 heteroatoms. The summed E-state index contributed by atoms with van der Waals surface area (Å²) in [5, 5.41) is 10.7. The van der Waals surface area contributed by atoms with E-state index in [4.69, 9.17) is 25.8 Å². The highest BCUT2D eigenvalue weighted by Gasteiger charge is 2.37. The van der Waals surface area contributed by atoms with Crippen molar-refractivity contribution in [2.45, 2.75) is 39.0 Å². The number of amides is 1. The van der Waals surface area contributed by atoms with Crippen molar-refractivity contribution in [3.05, 3.63) is 40.7 Å². The Labute approximate surface area is 222 Å². The molecule has 0 aliphatic carbocycles. The molecule has 8 nitrogen and oxygen atoms in total. The number of phenolic OH excluding ortho intramolecular Hbond substituents is 1. The van der Waals surface area contributed by atoms with Crippen LogP contribution in [0.25, 0.3) is 11.1 Å². The van der Waals surface area contributed by atoms with E-state index in [9.17, 15) is 9.90 Å². The summed E-state index contributed by atoms with van der Waals surface area (Å²) in [7, 11) is 3.89. The first-order valence-corrected chi connectivity index (χ1v) is 12.8. The zero-order valence-corrected chi connectivity index (χ0v) is 22.8. The molecular formula is C27H35ClFN3O5. The number of hydrogen-bond donors (Lipinski definition) is 1. The summed E-state index contributed by atoms with van der Waals surface area (Å²) in [6, 6.07) is 6.10. The maximum atomic E-state index is 16.0. The van der Waals surface area contributed by atoms with E-state index in [0.29, 0.717) is 50.6 Å². The lowest BCUT2D eigenvalue weighted by atomic mass is 9.99. The van der Waals surface area contributed by atoms with Gasteiger partial charge >= 0.3 is 6.09 Å². The molecule has 0 radical (unpaired) electrons. The fourth-order valence-corrected chi connectivity index (χ4v) is 4.78. The van der Waals surface area contributed by atoms with Crippen molar-refractivity contribution in [2.75, 3.05) is 53.5 Å². The SMILES string of the molecule is CN(C)CCOc1cc(-c2c(O)cccc2Cl)c(F)c2c1CN1CCN(C(=O)OC(C)(C)C)C[C@@H]1CO2. The second-order valence-corrected chi connectivity index (χ2v) is 11.1. The van der Waals surface area contributed by atoms with Crippen molar-refractivity contribution in [3.63, 3.8) is 0 Å². The molecule has 2 aromatic rings. The smallest absolute Gasteiger partial charge is 0.410 e. The molecule has 0 spiro atoms. The van der Waals surface area contributed by atoms with Gasteiger partial charge in [-0.15, -0.1) is 0 Å². The minimum atomic E-state index is -0.609. The average molecular weight is 536 g/mol. The number of nitrogens with zero attached hydrogens (tertiary/aromatic N) is 3. The molecule has 1 N–H and O–H groups in total. The molecule has 202 valence electrons. The van der Waals surface area contributed by atoms with Crippen molar-refractivity contribution in [3.8, 4) is 28.4 Å². The maximum Gasteiger partial charge on any atom is 0.410 e. The number of carbonyl (C=O) groups excluding carboxylic acids is 1. The molecule has 4 rings (SSSR count). The van der Waals surface area contributed by atoms with Crippen LogP contribution in [0.1, 0.15) is 26.3 Å².